The maximum atomic E-state index is 13.5. The molecule has 2 aromatic carbocycles. The Labute approximate surface area is 193 Å². The molecule has 0 radical (unpaired) electrons. The van der Waals surface area contributed by atoms with E-state index >= 15 is 0 Å². The molecule has 1 fully saturated rings. The van der Waals surface area contributed by atoms with Gasteiger partial charge in [-0.15, -0.1) is 0 Å². The summed E-state index contributed by atoms with van der Waals surface area (Å²) >= 11 is 6.18. The smallest absolute Gasteiger partial charge is 0.336 e. The van der Waals surface area contributed by atoms with Gasteiger partial charge in [0.15, 0.2) is 6.10 Å². The van der Waals surface area contributed by atoms with Crippen LogP contribution in [0.25, 0.3) is 22.1 Å². The first kappa shape index (κ1) is 22.8. The maximum Gasteiger partial charge on any atom is 0.336 e. The summed E-state index contributed by atoms with van der Waals surface area (Å²) in [6, 6.07) is 10.1. The Morgan fingerprint density at radius 1 is 1.18 bits per heavy atom. The molecule has 172 valence electrons. The van der Waals surface area contributed by atoms with Gasteiger partial charge in [-0.25, -0.2) is 9.18 Å². The highest BCUT2D eigenvalue weighted by molar-refractivity contribution is 6.33. The number of halogens is 2. The molecule has 33 heavy (non-hydrogen) atoms. The van der Waals surface area contributed by atoms with Gasteiger partial charge in [0.2, 0.25) is 0 Å². The molecule has 1 aromatic heterocycles. The third-order valence-corrected chi connectivity index (χ3v) is 5.95. The van der Waals surface area contributed by atoms with Crippen LogP contribution in [0.5, 0.6) is 5.75 Å². The van der Waals surface area contributed by atoms with Gasteiger partial charge in [0, 0.05) is 41.7 Å². The molecule has 1 unspecified atom stereocenters. The van der Waals surface area contributed by atoms with Crippen LogP contribution in [0.15, 0.2) is 51.7 Å². The maximum absolute atomic E-state index is 13.5. The number of amides is 1. The third-order valence-electron chi connectivity index (χ3n) is 5.63. The Morgan fingerprint density at radius 3 is 2.70 bits per heavy atom. The molecular formula is C24H21ClFNO6. The Kier molecular flexibility index (Phi) is 6.37. The predicted molar refractivity (Wildman–Crippen MR) is 120 cm³/mol. The average molecular weight is 474 g/mol. The molecule has 0 saturated carbocycles. The number of nitrogens with zero attached hydrogens (tertiary/aromatic N) is 1. The molecule has 9 heteroatoms. The van der Waals surface area contributed by atoms with Crippen LogP contribution in [-0.4, -0.2) is 43.1 Å². The third kappa shape index (κ3) is 4.71. The molecule has 3 aromatic rings. The zero-order valence-electron chi connectivity index (χ0n) is 18.0. The second-order valence-corrected chi connectivity index (χ2v) is 8.22. The minimum atomic E-state index is -0.819. The van der Waals surface area contributed by atoms with Crippen molar-refractivity contribution in [2.24, 2.45) is 5.92 Å². The summed E-state index contributed by atoms with van der Waals surface area (Å²) in [6.07, 6.45) is -0.277. The van der Waals surface area contributed by atoms with Crippen LogP contribution in [-0.2, 0) is 14.3 Å². The molecule has 7 nitrogen and oxygen atoms in total. The lowest BCUT2D eigenvalue weighted by atomic mass is 10.0. The molecule has 0 aliphatic carbocycles. The molecule has 2 atom stereocenters. The number of likely N-dealkylation sites (tertiary alicyclic amines) is 1. The number of fused-ring (bicyclic) bond motifs is 1. The van der Waals surface area contributed by atoms with Crippen molar-refractivity contribution in [2.75, 3.05) is 20.2 Å². The van der Waals surface area contributed by atoms with Gasteiger partial charge in [0.25, 0.3) is 5.91 Å². The Morgan fingerprint density at radius 2 is 1.97 bits per heavy atom. The SMILES string of the molecule is COC(=O)[C@H]1CCN(C(=O)C(C)Oc2ccc3c(-c4ccc(F)cc4Cl)cc(=O)oc3c2)C1. The van der Waals surface area contributed by atoms with Crippen molar-refractivity contribution in [3.63, 3.8) is 0 Å². The number of benzene rings is 2. The number of carbonyl (C=O) groups is 2. The normalized spacial score (nSPS) is 16.6. The second-order valence-electron chi connectivity index (χ2n) is 7.81. The van der Waals surface area contributed by atoms with E-state index in [1.165, 1.54) is 37.4 Å². The fourth-order valence-electron chi connectivity index (χ4n) is 3.98. The van der Waals surface area contributed by atoms with Gasteiger partial charge in [0.1, 0.15) is 17.1 Å². The van der Waals surface area contributed by atoms with Crippen LogP contribution in [0, 0.1) is 11.7 Å². The number of hydrogen-bond donors (Lipinski definition) is 0. The summed E-state index contributed by atoms with van der Waals surface area (Å²) in [5, 5.41) is 0.743. The van der Waals surface area contributed by atoms with E-state index in [0.717, 1.165) is 0 Å². The van der Waals surface area contributed by atoms with E-state index in [2.05, 4.69) is 0 Å². The van der Waals surface area contributed by atoms with Crippen molar-refractivity contribution < 1.29 is 27.9 Å². The minimum absolute atomic E-state index is 0.164. The predicted octanol–water partition coefficient (Wildman–Crippen LogP) is 4.04. The van der Waals surface area contributed by atoms with Crippen molar-refractivity contribution in [2.45, 2.75) is 19.4 Å². The van der Waals surface area contributed by atoms with E-state index in [9.17, 15) is 18.8 Å². The number of hydrogen-bond acceptors (Lipinski definition) is 6. The number of ether oxygens (including phenoxy) is 2. The minimum Gasteiger partial charge on any atom is -0.481 e. The van der Waals surface area contributed by atoms with Crippen LogP contribution in [0.4, 0.5) is 4.39 Å². The summed E-state index contributed by atoms with van der Waals surface area (Å²) < 4.78 is 29.3. The number of esters is 1. The summed E-state index contributed by atoms with van der Waals surface area (Å²) in [5.74, 6) is -1.08. The largest absolute Gasteiger partial charge is 0.481 e. The summed E-state index contributed by atoms with van der Waals surface area (Å²) in [6.45, 7) is 2.34. The van der Waals surface area contributed by atoms with Gasteiger partial charge < -0.3 is 18.8 Å². The van der Waals surface area contributed by atoms with Crippen molar-refractivity contribution in [3.05, 3.63) is 63.7 Å². The molecule has 1 aliphatic heterocycles. The zero-order chi connectivity index (χ0) is 23.7. The first-order chi connectivity index (χ1) is 15.8. The van der Waals surface area contributed by atoms with Gasteiger partial charge in [-0.3, -0.25) is 9.59 Å². The molecule has 1 saturated heterocycles. The zero-order valence-corrected chi connectivity index (χ0v) is 18.7. The topological polar surface area (TPSA) is 86.0 Å². The van der Waals surface area contributed by atoms with Crippen molar-refractivity contribution in [3.8, 4) is 16.9 Å². The molecular weight excluding hydrogens is 453 g/mol. The van der Waals surface area contributed by atoms with Crippen LogP contribution in [0.3, 0.4) is 0 Å². The molecule has 4 rings (SSSR count). The number of rotatable bonds is 5. The van der Waals surface area contributed by atoms with Crippen molar-refractivity contribution >= 4 is 34.4 Å². The highest BCUT2D eigenvalue weighted by Crippen LogP contribution is 2.34. The van der Waals surface area contributed by atoms with E-state index < -0.39 is 17.5 Å². The first-order valence-electron chi connectivity index (χ1n) is 10.3. The van der Waals surface area contributed by atoms with Crippen LogP contribution >= 0.6 is 11.6 Å². The van der Waals surface area contributed by atoms with E-state index in [-0.39, 0.29) is 34.9 Å². The monoisotopic (exact) mass is 473 g/mol. The lowest BCUT2D eigenvalue weighted by Gasteiger charge is -2.21. The lowest BCUT2D eigenvalue weighted by molar-refractivity contribution is -0.145. The molecule has 0 N–H and O–H groups in total. The molecule has 1 amide bonds. The van der Waals surface area contributed by atoms with Crippen LogP contribution < -0.4 is 10.4 Å². The van der Waals surface area contributed by atoms with E-state index in [1.807, 2.05) is 0 Å². The fraction of sp³-hybridized carbons (Fsp3) is 0.292. The lowest BCUT2D eigenvalue weighted by Crippen LogP contribution is -2.39. The van der Waals surface area contributed by atoms with E-state index in [4.69, 9.17) is 25.5 Å². The van der Waals surface area contributed by atoms with Crippen molar-refractivity contribution in [1.82, 2.24) is 4.90 Å². The summed E-state index contributed by atoms with van der Waals surface area (Å²) in [5.41, 5.74) is 0.613. The fourth-order valence-corrected chi connectivity index (χ4v) is 4.25. The molecule has 0 bridgehead atoms. The molecule has 2 heterocycles. The summed E-state index contributed by atoms with van der Waals surface area (Å²) in [4.78, 5) is 38.2. The van der Waals surface area contributed by atoms with Gasteiger partial charge in [0.05, 0.1) is 18.1 Å². The molecule has 0 spiro atoms. The second kappa shape index (κ2) is 9.23. The van der Waals surface area contributed by atoms with Crippen LogP contribution in [0.1, 0.15) is 13.3 Å². The first-order valence-corrected chi connectivity index (χ1v) is 10.7. The van der Waals surface area contributed by atoms with Gasteiger partial charge >= 0.3 is 11.6 Å². The van der Waals surface area contributed by atoms with E-state index in [0.29, 0.717) is 35.2 Å². The van der Waals surface area contributed by atoms with Gasteiger partial charge in [-0.2, -0.15) is 0 Å². The highest BCUT2D eigenvalue weighted by atomic mass is 35.5. The van der Waals surface area contributed by atoms with Crippen molar-refractivity contribution in [1.29, 1.82) is 0 Å². The average Bonchev–Trinajstić information content (AvgIpc) is 3.27. The standard InChI is InChI=1S/C24H21ClFNO6/c1-13(23(29)27-8-7-14(12-27)24(30)31-2)32-16-4-6-18-19(11-22(28)33-21(18)10-16)17-5-3-15(26)9-20(17)25/h3-6,9-11,13-14H,7-8,12H2,1-2H3/t13?,14-/m0/s1. The Hall–Kier alpha value is -3.39. The number of methoxy groups -OCH3 is 1. The Bertz CT molecular complexity index is 1290. The summed E-state index contributed by atoms with van der Waals surface area (Å²) in [7, 11) is 1.33. The Balaban J connectivity index is 1.57. The van der Waals surface area contributed by atoms with Gasteiger partial charge in [-0.05, 0) is 43.7 Å². The highest BCUT2D eigenvalue weighted by Gasteiger charge is 2.34. The number of carbonyl (C=O) groups excluding carboxylic acids is 2. The van der Waals surface area contributed by atoms with Crippen LogP contribution in [0.2, 0.25) is 5.02 Å². The van der Waals surface area contributed by atoms with E-state index in [1.54, 1.807) is 24.0 Å². The quantitative estimate of drug-likeness (QED) is 0.410. The molecule has 1 aliphatic rings. The van der Waals surface area contributed by atoms with Gasteiger partial charge in [-0.1, -0.05) is 11.6 Å².